The predicted molar refractivity (Wildman–Crippen MR) is 212 cm³/mol. The van der Waals surface area contributed by atoms with Crippen molar-refractivity contribution in [3.8, 4) is 0 Å². The molecule has 48 heavy (non-hydrogen) atoms. The van der Waals surface area contributed by atoms with Crippen LogP contribution in [0.4, 0.5) is 0 Å². The topological polar surface area (TPSA) is 0 Å². The number of unbranched alkanes of at least 4 members (excludes halogenated alkanes) is 14. The maximum Gasteiger partial charge on any atom is 0.129 e. The van der Waals surface area contributed by atoms with E-state index in [4.69, 9.17) is 23.2 Å². The Kier molecular flexibility index (Phi) is 15.2. The van der Waals surface area contributed by atoms with E-state index in [1.807, 2.05) is 0 Å². The number of hydrogen-bond donors (Lipinski definition) is 0. The van der Waals surface area contributed by atoms with Gasteiger partial charge in [-0.3, -0.25) is 0 Å². The molecule has 0 atom stereocenters. The fourth-order valence-electron chi connectivity index (χ4n) is 10.2. The van der Waals surface area contributed by atoms with Gasteiger partial charge in [0.05, 0.1) is 0 Å². The molecule has 2 aromatic carbocycles. The molecule has 0 N–H and O–H groups in total. The Hall–Kier alpha value is -0.980. The van der Waals surface area contributed by atoms with Crippen molar-refractivity contribution in [3.63, 3.8) is 0 Å². The third-order valence-electron chi connectivity index (χ3n) is 13.4. The lowest BCUT2D eigenvalue weighted by Gasteiger charge is -2.69. The van der Waals surface area contributed by atoms with E-state index in [0.29, 0.717) is 11.8 Å². The molecule has 2 spiro atoms. The molecule has 0 aliphatic heterocycles. The second-order valence-corrected chi connectivity index (χ2v) is 18.1. The Morgan fingerprint density at radius 3 is 1.08 bits per heavy atom. The van der Waals surface area contributed by atoms with Crippen molar-refractivity contribution < 1.29 is 0 Å². The van der Waals surface area contributed by atoms with Crippen molar-refractivity contribution in [3.05, 3.63) is 70.8 Å². The molecule has 0 bridgehead atoms. The lowest BCUT2D eigenvalue weighted by atomic mass is 9.43. The van der Waals surface area contributed by atoms with E-state index in [-0.39, 0.29) is 10.8 Å². The summed E-state index contributed by atoms with van der Waals surface area (Å²) in [6, 6.07) is 19.4. The van der Waals surface area contributed by atoms with Crippen LogP contribution in [0.3, 0.4) is 0 Å². The van der Waals surface area contributed by atoms with Gasteiger partial charge in [-0.1, -0.05) is 152 Å². The van der Waals surface area contributed by atoms with Gasteiger partial charge in [0.1, 0.15) is 4.33 Å². The maximum atomic E-state index is 7.47. The van der Waals surface area contributed by atoms with Crippen LogP contribution in [0.1, 0.15) is 208 Å². The Bertz CT molecular complexity index is 1070. The van der Waals surface area contributed by atoms with Crippen LogP contribution < -0.4 is 0 Å². The van der Waals surface area contributed by atoms with E-state index in [0.717, 1.165) is 0 Å². The lowest BCUT2D eigenvalue weighted by molar-refractivity contribution is -0.107. The zero-order valence-electron chi connectivity index (χ0n) is 31.1. The number of rotatable bonds is 20. The quantitative estimate of drug-likeness (QED) is 0.0957. The predicted octanol–water partition coefficient (Wildman–Crippen LogP) is 15.6. The zero-order valence-corrected chi connectivity index (χ0v) is 32.6. The zero-order chi connectivity index (χ0) is 33.7. The minimum Gasteiger partial charge on any atom is -0.100 e. The Morgan fingerprint density at radius 1 is 0.458 bits per heavy atom. The average molecular weight is 694 g/mol. The molecular formula is C46H70Cl2. The molecule has 0 saturated heterocycles. The van der Waals surface area contributed by atoms with Crippen molar-refractivity contribution in [2.75, 3.05) is 0 Å². The van der Waals surface area contributed by atoms with Crippen LogP contribution in [-0.2, 0) is 12.8 Å². The fourth-order valence-corrected chi connectivity index (χ4v) is 11.2. The van der Waals surface area contributed by atoms with Gasteiger partial charge < -0.3 is 0 Å². The van der Waals surface area contributed by atoms with Gasteiger partial charge in [0.2, 0.25) is 0 Å². The molecule has 3 aliphatic carbocycles. The fraction of sp³-hybridized carbons (Fsp3) is 0.739. The van der Waals surface area contributed by atoms with Gasteiger partial charge in [-0.25, -0.2) is 0 Å². The first-order chi connectivity index (χ1) is 23.4. The molecule has 0 nitrogen and oxygen atoms in total. The van der Waals surface area contributed by atoms with Crippen molar-refractivity contribution >= 4 is 23.2 Å². The summed E-state index contributed by atoms with van der Waals surface area (Å²) in [5, 5.41) is 0. The summed E-state index contributed by atoms with van der Waals surface area (Å²) in [5.74, 6) is 1.34. The molecule has 2 heteroatoms. The summed E-state index contributed by atoms with van der Waals surface area (Å²) in [7, 11) is 0. The van der Waals surface area contributed by atoms with Crippen LogP contribution in [0, 0.1) is 10.8 Å². The number of benzene rings is 2. The van der Waals surface area contributed by atoms with Gasteiger partial charge in [0.25, 0.3) is 0 Å². The largest absolute Gasteiger partial charge is 0.129 e. The number of aryl methyl sites for hydroxylation is 2. The molecule has 0 heterocycles. The third kappa shape index (κ3) is 9.66. The van der Waals surface area contributed by atoms with Gasteiger partial charge in [0, 0.05) is 10.8 Å². The summed E-state index contributed by atoms with van der Waals surface area (Å²) >= 11 is 14.9. The monoisotopic (exact) mass is 692 g/mol. The molecule has 0 unspecified atom stereocenters. The van der Waals surface area contributed by atoms with Crippen LogP contribution in [0.5, 0.6) is 0 Å². The average Bonchev–Trinajstić information content (AvgIpc) is 3.12. The second-order valence-electron chi connectivity index (χ2n) is 16.8. The van der Waals surface area contributed by atoms with E-state index < -0.39 is 4.33 Å². The highest BCUT2D eigenvalue weighted by atomic mass is 35.5. The van der Waals surface area contributed by atoms with Crippen molar-refractivity contribution in [1.29, 1.82) is 0 Å². The van der Waals surface area contributed by atoms with Crippen LogP contribution >= 0.6 is 23.2 Å². The lowest BCUT2D eigenvalue weighted by Crippen LogP contribution is -2.66. The smallest absolute Gasteiger partial charge is 0.100 e. The van der Waals surface area contributed by atoms with Crippen LogP contribution in [0.25, 0.3) is 0 Å². The van der Waals surface area contributed by atoms with Gasteiger partial charge in [0.15, 0.2) is 0 Å². The molecule has 268 valence electrons. The molecule has 3 fully saturated rings. The highest BCUT2D eigenvalue weighted by Gasteiger charge is 2.72. The van der Waals surface area contributed by atoms with Gasteiger partial charge >= 0.3 is 0 Å². The van der Waals surface area contributed by atoms with Gasteiger partial charge in [-0.05, 0) is 118 Å². The standard InChI is InChI=1S/C46H70Cl2/c1-3-5-7-9-11-13-15-17-19-38-21-25-40(26-22-38)42-29-33-44(34-30-42)37-45(46(44,47)48)35-31-43(32-36-45)41-27-23-39(24-28-41)20-18-16-14-12-10-8-6-4-2/h21-28,42-43H,3-20,29-37H2,1-2H3. The molecule has 3 aliphatic rings. The highest BCUT2D eigenvalue weighted by molar-refractivity contribution is 6.50. The SMILES string of the molecule is CCCCCCCCCCc1ccc(C2CCC3(CC2)CC2(CCC(c4ccc(CCCCCCCCCC)cc4)CC2)C3(Cl)Cl)cc1. The first-order valence-corrected chi connectivity index (χ1v) is 21.7. The highest BCUT2D eigenvalue weighted by Crippen LogP contribution is 2.77. The van der Waals surface area contributed by atoms with Crippen LogP contribution in [-0.4, -0.2) is 4.33 Å². The van der Waals surface area contributed by atoms with E-state index >= 15 is 0 Å². The summed E-state index contributed by atoms with van der Waals surface area (Å²) in [6.07, 6.45) is 35.7. The summed E-state index contributed by atoms with van der Waals surface area (Å²) in [4.78, 5) is 0. The van der Waals surface area contributed by atoms with E-state index in [1.165, 1.54) is 196 Å². The van der Waals surface area contributed by atoms with Gasteiger partial charge in [-0.2, -0.15) is 0 Å². The van der Waals surface area contributed by atoms with Crippen molar-refractivity contribution in [1.82, 2.24) is 0 Å². The molecule has 2 aromatic rings. The first-order valence-electron chi connectivity index (χ1n) is 21.0. The first kappa shape index (κ1) is 38.3. The maximum absolute atomic E-state index is 7.47. The van der Waals surface area contributed by atoms with Crippen molar-refractivity contribution in [2.45, 2.75) is 203 Å². The summed E-state index contributed by atoms with van der Waals surface area (Å²) in [5.41, 5.74) is 6.38. The molecule has 3 saturated carbocycles. The van der Waals surface area contributed by atoms with Gasteiger partial charge in [-0.15, -0.1) is 23.2 Å². The van der Waals surface area contributed by atoms with E-state index in [2.05, 4.69) is 62.4 Å². The van der Waals surface area contributed by atoms with E-state index in [9.17, 15) is 0 Å². The summed E-state index contributed by atoms with van der Waals surface area (Å²) in [6.45, 7) is 4.60. The minimum absolute atomic E-state index is 0.132. The minimum atomic E-state index is -0.560. The normalized spacial score (nSPS) is 26.6. The Labute approximate surface area is 306 Å². The summed E-state index contributed by atoms with van der Waals surface area (Å²) < 4.78 is -0.560. The number of halogens is 2. The Balaban J connectivity index is 1.000. The van der Waals surface area contributed by atoms with E-state index in [1.54, 1.807) is 0 Å². The van der Waals surface area contributed by atoms with Crippen LogP contribution in [0.2, 0.25) is 0 Å². The molecule has 0 aromatic heterocycles. The molecular weight excluding hydrogens is 623 g/mol. The molecule has 0 radical (unpaired) electrons. The molecule has 0 amide bonds. The Morgan fingerprint density at radius 2 is 0.771 bits per heavy atom. The van der Waals surface area contributed by atoms with Crippen LogP contribution in [0.15, 0.2) is 48.5 Å². The number of alkyl halides is 2. The third-order valence-corrected chi connectivity index (χ3v) is 15.0. The van der Waals surface area contributed by atoms with Crippen molar-refractivity contribution in [2.24, 2.45) is 10.8 Å². The molecule has 5 rings (SSSR count). The number of hydrogen-bond acceptors (Lipinski definition) is 0. The second kappa shape index (κ2) is 19.0.